The average molecular weight is 391 g/mol. The molecule has 0 radical (unpaired) electrons. The molecule has 0 unspecified atom stereocenters. The van der Waals surface area contributed by atoms with Crippen LogP contribution in [0.15, 0.2) is 6.07 Å². The van der Waals surface area contributed by atoms with Crippen LogP contribution >= 0.6 is 0 Å². The molecule has 2 aliphatic carbocycles. The minimum atomic E-state index is -1.10. The summed E-state index contributed by atoms with van der Waals surface area (Å²) in [7, 11) is 1.55. The summed E-state index contributed by atoms with van der Waals surface area (Å²) < 4.78 is 15.4. The van der Waals surface area contributed by atoms with Gasteiger partial charge in [-0.05, 0) is 60.8 Å². The van der Waals surface area contributed by atoms with Gasteiger partial charge in [-0.1, -0.05) is 6.07 Å². The molecule has 0 saturated heterocycles. The smallest absolute Gasteiger partial charge is 0.335 e. The number of hydrogen-bond donors (Lipinski definition) is 2. The van der Waals surface area contributed by atoms with Crippen molar-refractivity contribution >= 4 is 17.6 Å². The zero-order valence-corrected chi connectivity index (χ0v) is 16.4. The molecular weight excluding hydrogens is 362 g/mol. The van der Waals surface area contributed by atoms with Gasteiger partial charge in [0.05, 0.1) is 32.8 Å². The lowest BCUT2D eigenvalue weighted by Crippen LogP contribution is -2.31. The first-order chi connectivity index (χ1) is 13.6. The lowest BCUT2D eigenvalue weighted by molar-refractivity contribution is -0.155. The van der Waals surface area contributed by atoms with Crippen molar-refractivity contribution in [2.24, 2.45) is 0 Å². The zero-order valence-electron chi connectivity index (χ0n) is 16.4. The number of benzene rings is 1. The van der Waals surface area contributed by atoms with Crippen LogP contribution in [0.3, 0.4) is 0 Å². The molecule has 0 saturated carbocycles. The molecule has 0 aromatic heterocycles. The summed E-state index contributed by atoms with van der Waals surface area (Å²) in [5.41, 5.74) is 6.30. The number of amides is 1. The van der Waals surface area contributed by atoms with Crippen LogP contribution in [0.5, 0.6) is 0 Å². The summed E-state index contributed by atoms with van der Waals surface area (Å²) in [6.07, 6.45) is 5.47. The molecular formula is C21H29NO6. The molecule has 0 bridgehead atoms. The number of rotatable bonds is 11. The van der Waals surface area contributed by atoms with Crippen molar-refractivity contribution in [1.82, 2.24) is 0 Å². The Morgan fingerprint density at radius 1 is 1.07 bits per heavy atom. The number of aryl methyl sites for hydroxylation is 2. The Labute approximate surface area is 165 Å². The maximum absolute atomic E-state index is 12.5. The molecule has 0 fully saturated rings. The molecule has 7 heteroatoms. The molecule has 1 atom stereocenters. The quantitative estimate of drug-likeness (QED) is 0.561. The standard InChI is InChI=1S/C21H29NO6/c1-26-10-11-27-13-18(21(24)25)28-9-8-19(23)22-20-16-6-2-4-14(16)12-15-5-3-7-17(15)20/h12,18H,2-11,13H2,1H3,(H,22,23)(H,24,25)/t18-/m1/s1. The number of anilines is 1. The number of carbonyl (C=O) groups excluding carboxylic acids is 1. The van der Waals surface area contributed by atoms with Crippen molar-refractivity contribution in [2.75, 3.05) is 38.9 Å². The summed E-state index contributed by atoms with van der Waals surface area (Å²) in [5, 5.41) is 12.3. The van der Waals surface area contributed by atoms with Crippen molar-refractivity contribution in [3.63, 3.8) is 0 Å². The van der Waals surface area contributed by atoms with Crippen molar-refractivity contribution in [3.8, 4) is 0 Å². The highest BCUT2D eigenvalue weighted by Gasteiger charge is 2.25. The Hall–Kier alpha value is -1.96. The first kappa shape index (κ1) is 20.8. The number of aliphatic carboxylic acids is 1. The van der Waals surface area contributed by atoms with E-state index in [0.717, 1.165) is 44.2 Å². The van der Waals surface area contributed by atoms with E-state index in [1.165, 1.54) is 22.3 Å². The number of methoxy groups -OCH3 is 1. The van der Waals surface area contributed by atoms with E-state index in [1.807, 2.05) is 0 Å². The van der Waals surface area contributed by atoms with Crippen LogP contribution in [-0.2, 0) is 49.5 Å². The third-order valence-corrected chi connectivity index (χ3v) is 5.36. The number of hydrogen-bond acceptors (Lipinski definition) is 5. The van der Waals surface area contributed by atoms with Crippen LogP contribution in [0.1, 0.15) is 41.5 Å². The Kier molecular flexibility index (Phi) is 7.42. The van der Waals surface area contributed by atoms with Crippen molar-refractivity contribution in [3.05, 3.63) is 28.3 Å². The van der Waals surface area contributed by atoms with E-state index in [9.17, 15) is 14.7 Å². The van der Waals surface area contributed by atoms with Crippen LogP contribution in [0.4, 0.5) is 5.69 Å². The summed E-state index contributed by atoms with van der Waals surface area (Å²) >= 11 is 0. The Morgan fingerprint density at radius 2 is 1.75 bits per heavy atom. The van der Waals surface area contributed by atoms with Gasteiger partial charge in [0.25, 0.3) is 0 Å². The SMILES string of the molecule is COCCOC[C@@H](OCCC(=O)Nc1c2c(cc3c1CCC3)CCC2)C(=O)O. The monoisotopic (exact) mass is 391 g/mol. The lowest BCUT2D eigenvalue weighted by Gasteiger charge is -2.17. The summed E-state index contributed by atoms with van der Waals surface area (Å²) in [4.78, 5) is 23.7. The highest BCUT2D eigenvalue weighted by atomic mass is 16.6. The first-order valence-corrected chi connectivity index (χ1v) is 9.97. The van der Waals surface area contributed by atoms with E-state index >= 15 is 0 Å². The van der Waals surface area contributed by atoms with E-state index in [-0.39, 0.29) is 25.5 Å². The van der Waals surface area contributed by atoms with Gasteiger partial charge in [0.1, 0.15) is 0 Å². The molecule has 1 amide bonds. The fourth-order valence-corrected chi connectivity index (χ4v) is 3.99. The molecule has 154 valence electrons. The second kappa shape index (κ2) is 10.0. The average Bonchev–Trinajstić information content (AvgIpc) is 3.32. The second-order valence-electron chi connectivity index (χ2n) is 7.30. The molecule has 1 aromatic rings. The minimum absolute atomic E-state index is 0.0354. The van der Waals surface area contributed by atoms with Gasteiger partial charge in [-0.25, -0.2) is 4.79 Å². The van der Waals surface area contributed by atoms with Crippen molar-refractivity contribution < 1.29 is 28.9 Å². The molecule has 0 aliphatic heterocycles. The van der Waals surface area contributed by atoms with Gasteiger partial charge in [-0.2, -0.15) is 0 Å². The maximum atomic E-state index is 12.5. The molecule has 1 aromatic carbocycles. The predicted molar refractivity (Wildman–Crippen MR) is 104 cm³/mol. The Bertz CT molecular complexity index is 685. The number of ether oxygens (including phenoxy) is 3. The molecule has 2 N–H and O–H groups in total. The predicted octanol–water partition coefficient (Wildman–Crippen LogP) is 2.13. The highest BCUT2D eigenvalue weighted by molar-refractivity contribution is 5.93. The molecule has 2 aliphatic rings. The number of fused-ring (bicyclic) bond motifs is 2. The minimum Gasteiger partial charge on any atom is -0.479 e. The fraction of sp³-hybridized carbons (Fsp3) is 0.619. The van der Waals surface area contributed by atoms with E-state index in [2.05, 4.69) is 11.4 Å². The summed E-state index contributed by atoms with van der Waals surface area (Å²) in [5.74, 6) is -1.24. The van der Waals surface area contributed by atoms with Gasteiger partial charge in [0.2, 0.25) is 5.91 Å². The normalized spacial score (nSPS) is 15.9. The third kappa shape index (κ3) is 5.10. The van der Waals surface area contributed by atoms with E-state index in [1.54, 1.807) is 7.11 Å². The number of carboxylic acid groups (broad SMARTS) is 1. The molecule has 0 heterocycles. The number of nitrogens with one attached hydrogen (secondary N) is 1. The Morgan fingerprint density at radius 3 is 2.36 bits per heavy atom. The molecule has 7 nitrogen and oxygen atoms in total. The molecule has 0 spiro atoms. The van der Waals surface area contributed by atoms with Crippen molar-refractivity contribution in [2.45, 2.75) is 51.0 Å². The maximum Gasteiger partial charge on any atom is 0.335 e. The van der Waals surface area contributed by atoms with Gasteiger partial charge >= 0.3 is 5.97 Å². The van der Waals surface area contributed by atoms with Crippen LogP contribution in [0.25, 0.3) is 0 Å². The van der Waals surface area contributed by atoms with E-state index in [4.69, 9.17) is 14.2 Å². The number of carboxylic acids is 1. The second-order valence-corrected chi connectivity index (χ2v) is 7.30. The molecule has 28 heavy (non-hydrogen) atoms. The lowest BCUT2D eigenvalue weighted by atomic mass is 9.98. The van der Waals surface area contributed by atoms with Crippen molar-refractivity contribution in [1.29, 1.82) is 0 Å². The Balaban J connectivity index is 1.52. The third-order valence-electron chi connectivity index (χ3n) is 5.36. The number of carbonyl (C=O) groups is 2. The van der Waals surface area contributed by atoms with Gasteiger partial charge in [-0.15, -0.1) is 0 Å². The van der Waals surface area contributed by atoms with Gasteiger partial charge in [0, 0.05) is 12.8 Å². The van der Waals surface area contributed by atoms with E-state index < -0.39 is 12.1 Å². The largest absolute Gasteiger partial charge is 0.479 e. The first-order valence-electron chi connectivity index (χ1n) is 9.97. The van der Waals surface area contributed by atoms with E-state index in [0.29, 0.717) is 13.2 Å². The van der Waals surface area contributed by atoms with Gasteiger partial charge in [0.15, 0.2) is 6.10 Å². The van der Waals surface area contributed by atoms with Crippen LogP contribution in [0.2, 0.25) is 0 Å². The van der Waals surface area contributed by atoms with Crippen LogP contribution in [0, 0.1) is 0 Å². The molecule has 3 rings (SSSR count). The fourth-order valence-electron chi connectivity index (χ4n) is 3.99. The summed E-state index contributed by atoms with van der Waals surface area (Å²) in [6.45, 7) is 0.655. The zero-order chi connectivity index (χ0) is 19.9. The van der Waals surface area contributed by atoms with Gasteiger partial charge in [-0.3, -0.25) is 4.79 Å². The topological polar surface area (TPSA) is 94.1 Å². The van der Waals surface area contributed by atoms with Gasteiger partial charge < -0.3 is 24.6 Å². The summed E-state index contributed by atoms with van der Waals surface area (Å²) in [6, 6.07) is 2.32. The highest BCUT2D eigenvalue weighted by Crippen LogP contribution is 2.38. The van der Waals surface area contributed by atoms with Crippen LogP contribution < -0.4 is 5.32 Å². The van der Waals surface area contributed by atoms with Crippen LogP contribution in [-0.4, -0.2) is 56.6 Å².